The fraction of sp³-hybridized carbons (Fsp3) is 0.333. The zero-order chi connectivity index (χ0) is 11.7. The van der Waals surface area contributed by atoms with E-state index in [9.17, 15) is 5.11 Å². The third-order valence-corrected chi connectivity index (χ3v) is 3.45. The van der Waals surface area contributed by atoms with Crippen molar-refractivity contribution in [1.82, 2.24) is 0 Å². The van der Waals surface area contributed by atoms with Crippen molar-refractivity contribution in [2.75, 3.05) is 6.61 Å². The highest BCUT2D eigenvalue weighted by molar-refractivity contribution is 5.88. The van der Waals surface area contributed by atoms with Crippen LogP contribution in [0.15, 0.2) is 36.4 Å². The molecule has 1 aliphatic rings. The van der Waals surface area contributed by atoms with Crippen LogP contribution in [0, 0.1) is 0 Å². The van der Waals surface area contributed by atoms with E-state index in [4.69, 9.17) is 4.74 Å². The molecule has 1 heterocycles. The summed E-state index contributed by atoms with van der Waals surface area (Å²) in [4.78, 5) is 0. The summed E-state index contributed by atoms with van der Waals surface area (Å²) in [5, 5.41) is 12.4. The van der Waals surface area contributed by atoms with E-state index in [1.807, 2.05) is 18.2 Å². The Labute approximate surface area is 101 Å². The molecule has 0 spiro atoms. The Morgan fingerprint density at radius 3 is 2.76 bits per heavy atom. The zero-order valence-corrected chi connectivity index (χ0v) is 9.73. The third-order valence-electron chi connectivity index (χ3n) is 3.45. The Morgan fingerprint density at radius 1 is 1.06 bits per heavy atom. The van der Waals surface area contributed by atoms with Gasteiger partial charge in [0.25, 0.3) is 0 Å². The molecule has 2 heteroatoms. The quantitative estimate of drug-likeness (QED) is 0.804. The fourth-order valence-corrected chi connectivity index (χ4v) is 2.59. The number of phenolic OH excluding ortho intramolecular Hbond substituents is 1. The van der Waals surface area contributed by atoms with Gasteiger partial charge in [-0.05, 0) is 36.1 Å². The van der Waals surface area contributed by atoms with Gasteiger partial charge in [-0.1, -0.05) is 30.3 Å². The van der Waals surface area contributed by atoms with Gasteiger partial charge in [0.15, 0.2) is 0 Å². The molecule has 2 nitrogen and oxygen atoms in total. The molecule has 1 aliphatic heterocycles. The van der Waals surface area contributed by atoms with E-state index in [0.29, 0.717) is 5.75 Å². The lowest BCUT2D eigenvalue weighted by atomic mass is 9.95. The number of ether oxygens (including phenoxy) is 1. The molecule has 17 heavy (non-hydrogen) atoms. The van der Waals surface area contributed by atoms with Crippen LogP contribution < -0.4 is 0 Å². The van der Waals surface area contributed by atoms with Crippen LogP contribution in [0.3, 0.4) is 0 Å². The molecular formula is C15H16O2. The molecule has 0 radical (unpaired) electrons. The second kappa shape index (κ2) is 4.38. The van der Waals surface area contributed by atoms with Crippen molar-refractivity contribution in [3.05, 3.63) is 42.0 Å². The Kier molecular flexibility index (Phi) is 2.73. The fourth-order valence-electron chi connectivity index (χ4n) is 2.59. The Hall–Kier alpha value is -1.54. The number of hydrogen-bond acceptors (Lipinski definition) is 2. The van der Waals surface area contributed by atoms with Crippen molar-refractivity contribution < 1.29 is 9.84 Å². The van der Waals surface area contributed by atoms with Crippen LogP contribution in [0.4, 0.5) is 0 Å². The molecule has 1 saturated heterocycles. The first kappa shape index (κ1) is 10.6. The van der Waals surface area contributed by atoms with Crippen LogP contribution in [0.1, 0.15) is 30.9 Å². The minimum atomic E-state index is 0.0508. The van der Waals surface area contributed by atoms with Gasteiger partial charge in [0.1, 0.15) is 5.75 Å². The summed E-state index contributed by atoms with van der Waals surface area (Å²) >= 11 is 0. The normalized spacial score (nSPS) is 20.6. The van der Waals surface area contributed by atoms with Crippen LogP contribution in [0.5, 0.6) is 5.75 Å². The van der Waals surface area contributed by atoms with Crippen molar-refractivity contribution in [2.24, 2.45) is 0 Å². The molecule has 0 aliphatic carbocycles. The van der Waals surface area contributed by atoms with Gasteiger partial charge in [-0.25, -0.2) is 0 Å². The molecule has 88 valence electrons. The first-order chi connectivity index (χ1) is 8.36. The lowest BCUT2D eigenvalue weighted by Gasteiger charge is -2.24. The number of benzene rings is 2. The molecule has 1 N–H and O–H groups in total. The number of phenols is 1. The molecular weight excluding hydrogens is 212 g/mol. The van der Waals surface area contributed by atoms with E-state index < -0.39 is 0 Å². The largest absolute Gasteiger partial charge is 0.508 e. The number of aromatic hydroxyl groups is 1. The van der Waals surface area contributed by atoms with Crippen LogP contribution >= 0.6 is 0 Å². The van der Waals surface area contributed by atoms with Crippen LogP contribution in [-0.2, 0) is 4.74 Å². The SMILES string of the molecule is Oc1ccc2ccccc2c1C1CCCCO1. The molecule has 2 aromatic rings. The minimum Gasteiger partial charge on any atom is -0.508 e. The Morgan fingerprint density at radius 2 is 1.94 bits per heavy atom. The van der Waals surface area contributed by atoms with E-state index in [2.05, 4.69) is 12.1 Å². The second-order valence-electron chi connectivity index (χ2n) is 4.57. The molecule has 1 fully saturated rings. The van der Waals surface area contributed by atoms with Gasteiger partial charge in [0, 0.05) is 12.2 Å². The molecule has 1 atom stereocenters. The first-order valence-electron chi connectivity index (χ1n) is 6.18. The molecule has 0 aromatic heterocycles. The maximum absolute atomic E-state index is 10.1. The Balaban J connectivity index is 2.15. The van der Waals surface area contributed by atoms with Crippen LogP contribution in [-0.4, -0.2) is 11.7 Å². The number of hydrogen-bond donors (Lipinski definition) is 1. The van der Waals surface area contributed by atoms with Crippen molar-refractivity contribution >= 4 is 10.8 Å². The van der Waals surface area contributed by atoms with Gasteiger partial charge >= 0.3 is 0 Å². The third kappa shape index (κ3) is 1.89. The van der Waals surface area contributed by atoms with Gasteiger partial charge in [0.05, 0.1) is 6.10 Å². The molecule has 1 unspecified atom stereocenters. The van der Waals surface area contributed by atoms with E-state index in [0.717, 1.165) is 35.8 Å². The lowest BCUT2D eigenvalue weighted by Crippen LogP contribution is -2.12. The van der Waals surface area contributed by atoms with Crippen molar-refractivity contribution in [2.45, 2.75) is 25.4 Å². The van der Waals surface area contributed by atoms with E-state index in [-0.39, 0.29) is 6.10 Å². The maximum atomic E-state index is 10.1. The van der Waals surface area contributed by atoms with Crippen molar-refractivity contribution in [3.63, 3.8) is 0 Å². The van der Waals surface area contributed by atoms with Crippen LogP contribution in [0.2, 0.25) is 0 Å². The smallest absolute Gasteiger partial charge is 0.122 e. The highest BCUT2D eigenvalue weighted by Gasteiger charge is 2.21. The van der Waals surface area contributed by atoms with Crippen molar-refractivity contribution in [3.8, 4) is 5.75 Å². The predicted molar refractivity (Wildman–Crippen MR) is 68.2 cm³/mol. The molecule has 2 aromatic carbocycles. The lowest BCUT2D eigenvalue weighted by molar-refractivity contribution is 0.0146. The van der Waals surface area contributed by atoms with Gasteiger partial charge < -0.3 is 9.84 Å². The van der Waals surface area contributed by atoms with Gasteiger partial charge in [-0.3, -0.25) is 0 Å². The first-order valence-corrected chi connectivity index (χ1v) is 6.18. The van der Waals surface area contributed by atoms with Gasteiger partial charge in [-0.2, -0.15) is 0 Å². The summed E-state index contributed by atoms with van der Waals surface area (Å²) in [5.41, 5.74) is 0.961. The van der Waals surface area contributed by atoms with Crippen molar-refractivity contribution in [1.29, 1.82) is 0 Å². The summed E-state index contributed by atoms with van der Waals surface area (Å²) in [6, 6.07) is 11.9. The second-order valence-corrected chi connectivity index (χ2v) is 4.57. The van der Waals surface area contributed by atoms with Gasteiger partial charge in [-0.15, -0.1) is 0 Å². The maximum Gasteiger partial charge on any atom is 0.122 e. The number of rotatable bonds is 1. The standard InChI is InChI=1S/C15H16O2/c16-13-9-8-11-5-1-2-6-12(11)15(13)14-7-3-4-10-17-14/h1-2,5-6,8-9,14,16H,3-4,7,10H2. The van der Waals surface area contributed by atoms with E-state index >= 15 is 0 Å². The molecule has 0 bridgehead atoms. The monoisotopic (exact) mass is 228 g/mol. The van der Waals surface area contributed by atoms with Gasteiger partial charge in [0.2, 0.25) is 0 Å². The average molecular weight is 228 g/mol. The highest BCUT2D eigenvalue weighted by Crippen LogP contribution is 2.38. The highest BCUT2D eigenvalue weighted by atomic mass is 16.5. The summed E-state index contributed by atoms with van der Waals surface area (Å²) in [6.45, 7) is 0.799. The topological polar surface area (TPSA) is 29.5 Å². The summed E-state index contributed by atoms with van der Waals surface area (Å²) in [5.74, 6) is 0.357. The molecule has 3 rings (SSSR count). The summed E-state index contributed by atoms with van der Waals surface area (Å²) < 4.78 is 5.79. The molecule has 0 amide bonds. The van der Waals surface area contributed by atoms with Crippen LogP contribution in [0.25, 0.3) is 10.8 Å². The summed E-state index contributed by atoms with van der Waals surface area (Å²) in [6.07, 6.45) is 3.35. The number of fused-ring (bicyclic) bond motifs is 1. The van der Waals surface area contributed by atoms with E-state index in [1.54, 1.807) is 6.07 Å². The summed E-state index contributed by atoms with van der Waals surface area (Å²) in [7, 11) is 0. The Bertz CT molecular complexity index is 527. The zero-order valence-electron chi connectivity index (χ0n) is 9.73. The average Bonchev–Trinajstić information content (AvgIpc) is 2.39. The molecule has 0 saturated carbocycles. The minimum absolute atomic E-state index is 0.0508. The van der Waals surface area contributed by atoms with E-state index in [1.165, 1.54) is 6.42 Å². The predicted octanol–water partition coefficient (Wildman–Crippen LogP) is 3.79.